The Morgan fingerprint density at radius 3 is 2.52 bits per heavy atom. The summed E-state index contributed by atoms with van der Waals surface area (Å²) in [6.45, 7) is 16.6. The Morgan fingerprint density at radius 1 is 1.12 bits per heavy atom. The number of nitrogens with zero attached hydrogens (tertiary/aromatic N) is 5. The van der Waals surface area contributed by atoms with Gasteiger partial charge in [-0.2, -0.15) is 28.5 Å². The maximum Gasteiger partial charge on any atom is 0.264 e. The molecule has 1 aromatic carbocycles. The van der Waals surface area contributed by atoms with Crippen molar-refractivity contribution < 1.29 is 26.5 Å². The summed E-state index contributed by atoms with van der Waals surface area (Å²) >= 11 is 0. The average Bonchev–Trinajstić information content (AvgIpc) is 3.52. The predicted octanol–water partition coefficient (Wildman–Crippen LogP) is 6.10. The normalized spacial score (nSPS) is 18.3. The summed E-state index contributed by atoms with van der Waals surface area (Å²) in [7, 11) is -5.50. The zero-order valence-corrected chi connectivity index (χ0v) is 28.1. The number of hydrogen-bond donors (Lipinski definition) is 0. The molecule has 11 nitrogen and oxygen atoms in total. The monoisotopic (exact) mass is 621 g/mol. The molecule has 234 valence electrons. The summed E-state index contributed by atoms with van der Waals surface area (Å²) in [4.78, 5) is 1.70. The first-order chi connectivity index (χ1) is 19.6. The Bertz CT molecular complexity index is 1440. The topological polar surface area (TPSA) is 120 Å². The van der Waals surface area contributed by atoms with Crippen molar-refractivity contribution in [2.45, 2.75) is 103 Å². The first-order valence-corrected chi connectivity index (χ1v) is 19.6. The molecule has 3 heterocycles. The zero-order valence-electron chi connectivity index (χ0n) is 26.3. The van der Waals surface area contributed by atoms with Crippen molar-refractivity contribution in [1.82, 2.24) is 24.8 Å². The number of benzene rings is 1. The lowest BCUT2D eigenvalue weighted by Gasteiger charge is -2.36. The number of fused-ring (bicyclic) bond motifs is 1. The Labute approximate surface area is 251 Å². The van der Waals surface area contributed by atoms with Gasteiger partial charge in [0.25, 0.3) is 10.1 Å². The van der Waals surface area contributed by atoms with Gasteiger partial charge in [-0.15, -0.1) is 0 Å². The van der Waals surface area contributed by atoms with Crippen LogP contribution in [0.15, 0.2) is 24.4 Å². The third-order valence-electron chi connectivity index (χ3n) is 8.12. The van der Waals surface area contributed by atoms with E-state index in [1.54, 1.807) is 17.9 Å². The fourth-order valence-electron chi connectivity index (χ4n) is 4.62. The van der Waals surface area contributed by atoms with Crippen molar-refractivity contribution in [2.24, 2.45) is 0 Å². The van der Waals surface area contributed by atoms with Crippen LogP contribution < -0.4 is 4.43 Å². The van der Waals surface area contributed by atoms with E-state index in [1.165, 1.54) is 0 Å². The summed E-state index contributed by atoms with van der Waals surface area (Å²) in [6.07, 6.45) is 6.56. The Kier molecular flexibility index (Phi) is 10.2. The van der Waals surface area contributed by atoms with Crippen molar-refractivity contribution in [1.29, 1.82) is 0 Å². The van der Waals surface area contributed by atoms with Crippen molar-refractivity contribution in [3.63, 3.8) is 0 Å². The van der Waals surface area contributed by atoms with Gasteiger partial charge in [0.1, 0.15) is 17.1 Å². The van der Waals surface area contributed by atoms with Crippen LogP contribution >= 0.6 is 0 Å². The second kappa shape index (κ2) is 13.1. The maximum atomic E-state index is 11.2. The first kappa shape index (κ1) is 32.6. The average molecular weight is 622 g/mol. The Morgan fingerprint density at radius 2 is 1.86 bits per heavy atom. The standard InChI is InChI=1S/C29H47N5O6SSi/c1-21(14-17-37-18-15-22(2)39-41(6,35)36)34-30-20-25(31-34)28-24-19-23(40-42(7,8)29(3,4)5)12-13-26(24)33(32-28)27-11-9-10-16-38-27/h12-13,19-22,27H,9-11,14-18H2,1-8H3/t21-,22+,27?/m1/s1. The molecule has 13 heteroatoms. The molecule has 0 spiro atoms. The summed E-state index contributed by atoms with van der Waals surface area (Å²) in [5.74, 6) is 0.841. The number of rotatable bonds is 13. The molecule has 0 saturated carbocycles. The number of hydrogen-bond acceptors (Lipinski definition) is 9. The molecule has 0 radical (unpaired) electrons. The maximum absolute atomic E-state index is 11.2. The van der Waals surface area contributed by atoms with Crippen LogP contribution in [0.5, 0.6) is 5.75 Å². The minimum absolute atomic E-state index is 0.00375. The van der Waals surface area contributed by atoms with E-state index in [0.717, 1.165) is 54.5 Å². The summed E-state index contributed by atoms with van der Waals surface area (Å²) in [5, 5.41) is 15.4. The van der Waals surface area contributed by atoms with E-state index in [2.05, 4.69) is 51.1 Å². The van der Waals surface area contributed by atoms with Crippen LogP contribution in [0.1, 0.15) is 79.0 Å². The molecule has 1 unspecified atom stereocenters. The van der Waals surface area contributed by atoms with E-state index < -0.39 is 24.5 Å². The van der Waals surface area contributed by atoms with Crippen molar-refractivity contribution >= 4 is 29.3 Å². The van der Waals surface area contributed by atoms with E-state index in [1.807, 2.05) is 17.7 Å². The number of aromatic nitrogens is 5. The van der Waals surface area contributed by atoms with Crippen LogP contribution in [0.25, 0.3) is 22.3 Å². The van der Waals surface area contributed by atoms with Gasteiger partial charge in [-0.1, -0.05) is 20.8 Å². The third kappa shape index (κ3) is 8.19. The molecule has 3 atom stereocenters. The summed E-state index contributed by atoms with van der Waals surface area (Å²) in [6, 6.07) is 6.21. The van der Waals surface area contributed by atoms with Crippen LogP contribution in [0, 0.1) is 0 Å². The molecule has 0 bridgehead atoms. The SMILES string of the molecule is C[C@H](CCOCC[C@H](C)OS(C)(=O)=O)n1ncc(-c2nn(C3CCCCO3)c3ccc(O[Si](C)(C)C(C)(C)C)cc23)n1. The molecule has 0 aliphatic carbocycles. The van der Waals surface area contributed by atoms with E-state index >= 15 is 0 Å². The molecule has 4 rings (SSSR count). The van der Waals surface area contributed by atoms with E-state index in [-0.39, 0.29) is 17.3 Å². The molecule has 0 amide bonds. The molecule has 2 aromatic heterocycles. The fraction of sp³-hybridized carbons (Fsp3) is 0.690. The van der Waals surface area contributed by atoms with Gasteiger partial charge in [0.05, 0.1) is 30.1 Å². The molecule has 3 aromatic rings. The van der Waals surface area contributed by atoms with Crippen molar-refractivity contribution in [2.75, 3.05) is 26.1 Å². The smallest absolute Gasteiger partial charge is 0.264 e. The molecule has 1 saturated heterocycles. The Hall–Kier alpha value is -2.32. The fourth-order valence-corrected chi connectivity index (χ4v) is 6.34. The van der Waals surface area contributed by atoms with E-state index in [0.29, 0.717) is 31.7 Å². The van der Waals surface area contributed by atoms with Gasteiger partial charge >= 0.3 is 0 Å². The number of ether oxygens (including phenoxy) is 2. The highest BCUT2D eigenvalue weighted by atomic mass is 32.2. The predicted molar refractivity (Wildman–Crippen MR) is 166 cm³/mol. The van der Waals surface area contributed by atoms with Gasteiger partial charge in [-0.3, -0.25) is 4.18 Å². The molecule has 42 heavy (non-hydrogen) atoms. The molecule has 1 aliphatic rings. The van der Waals surface area contributed by atoms with Gasteiger partial charge in [0, 0.05) is 25.2 Å². The first-order valence-electron chi connectivity index (χ1n) is 14.9. The van der Waals surface area contributed by atoms with Crippen LogP contribution in [0.2, 0.25) is 18.1 Å². The molecule has 1 fully saturated rings. The summed E-state index contributed by atoms with van der Waals surface area (Å²) < 4.78 is 47.9. The second-order valence-corrected chi connectivity index (χ2v) is 19.2. The van der Waals surface area contributed by atoms with Crippen LogP contribution in [0.4, 0.5) is 0 Å². The van der Waals surface area contributed by atoms with Crippen LogP contribution in [0.3, 0.4) is 0 Å². The van der Waals surface area contributed by atoms with Gasteiger partial charge in [0.2, 0.25) is 8.32 Å². The molecular weight excluding hydrogens is 575 g/mol. The zero-order chi connectivity index (χ0) is 30.7. The lowest BCUT2D eigenvalue weighted by molar-refractivity contribution is -0.0365. The van der Waals surface area contributed by atoms with E-state index in [4.69, 9.17) is 28.3 Å². The quantitative estimate of drug-likeness (QED) is 0.127. The van der Waals surface area contributed by atoms with Gasteiger partial charge in [-0.05, 0) is 82.3 Å². The van der Waals surface area contributed by atoms with Gasteiger partial charge < -0.3 is 13.9 Å². The van der Waals surface area contributed by atoms with Crippen molar-refractivity contribution in [3.05, 3.63) is 24.4 Å². The van der Waals surface area contributed by atoms with E-state index in [9.17, 15) is 8.42 Å². The van der Waals surface area contributed by atoms with Crippen LogP contribution in [-0.2, 0) is 23.8 Å². The second-order valence-electron chi connectivity index (χ2n) is 12.9. The lowest BCUT2D eigenvalue weighted by atomic mass is 10.1. The van der Waals surface area contributed by atoms with Gasteiger partial charge in [0.15, 0.2) is 6.23 Å². The molecular formula is C29H47N5O6SSi. The Balaban J connectivity index is 1.51. The molecule has 0 N–H and O–H groups in total. The van der Waals surface area contributed by atoms with Crippen molar-refractivity contribution in [3.8, 4) is 17.1 Å². The molecule has 1 aliphatic heterocycles. The van der Waals surface area contributed by atoms with Crippen LogP contribution in [-0.4, -0.2) is 73.7 Å². The largest absolute Gasteiger partial charge is 0.543 e. The summed E-state index contributed by atoms with van der Waals surface area (Å²) in [5.41, 5.74) is 2.44. The minimum atomic E-state index is -3.47. The highest BCUT2D eigenvalue weighted by Gasteiger charge is 2.39. The highest BCUT2D eigenvalue weighted by Crippen LogP contribution is 2.39. The lowest BCUT2D eigenvalue weighted by Crippen LogP contribution is -2.43. The van der Waals surface area contributed by atoms with Gasteiger partial charge in [-0.25, -0.2) is 4.68 Å². The minimum Gasteiger partial charge on any atom is -0.543 e. The third-order valence-corrected chi connectivity index (χ3v) is 13.2. The highest BCUT2D eigenvalue weighted by molar-refractivity contribution is 7.86.